The van der Waals surface area contributed by atoms with Crippen molar-refractivity contribution < 1.29 is 14.3 Å². The fourth-order valence-corrected chi connectivity index (χ4v) is 2.45. The molecule has 1 atom stereocenters. The molecular weight excluding hydrogens is 292 g/mol. The minimum atomic E-state index is 0. The van der Waals surface area contributed by atoms with Gasteiger partial charge in [0.05, 0.1) is 20.6 Å². The van der Waals surface area contributed by atoms with Crippen LogP contribution in [0.1, 0.15) is 12.5 Å². The van der Waals surface area contributed by atoms with Gasteiger partial charge in [-0.1, -0.05) is 0 Å². The summed E-state index contributed by atoms with van der Waals surface area (Å²) in [6, 6.07) is 5.88. The van der Waals surface area contributed by atoms with Gasteiger partial charge in [-0.2, -0.15) is 0 Å². The molecule has 6 heteroatoms. The molecule has 1 fully saturated rings. The molecule has 0 spiro atoms. The van der Waals surface area contributed by atoms with Crippen LogP contribution in [0, 0.1) is 0 Å². The summed E-state index contributed by atoms with van der Waals surface area (Å²) in [7, 11) is 3.23. The van der Waals surface area contributed by atoms with Crippen molar-refractivity contribution >= 4 is 18.3 Å². The third-order valence-corrected chi connectivity index (χ3v) is 3.55. The third kappa shape index (κ3) is 4.51. The lowest BCUT2D eigenvalue weighted by Gasteiger charge is -2.32. The molecule has 0 aromatic heterocycles. The topological polar surface area (TPSA) is 50.8 Å². The van der Waals surface area contributed by atoms with Crippen molar-refractivity contribution in [3.63, 3.8) is 0 Å². The second-order valence-corrected chi connectivity index (χ2v) is 5.05. The molecule has 0 saturated carbocycles. The van der Waals surface area contributed by atoms with Crippen LogP contribution in [0.4, 0.5) is 0 Å². The summed E-state index contributed by atoms with van der Waals surface area (Å²) in [6.45, 7) is 4.45. The van der Waals surface area contributed by atoms with Crippen LogP contribution in [0.5, 0.6) is 11.5 Å². The van der Waals surface area contributed by atoms with E-state index in [1.54, 1.807) is 14.2 Å². The van der Waals surface area contributed by atoms with E-state index in [-0.39, 0.29) is 18.3 Å². The first kappa shape index (κ1) is 17.6. The number of amides is 1. The van der Waals surface area contributed by atoms with E-state index in [4.69, 9.17) is 9.47 Å². The largest absolute Gasteiger partial charge is 0.497 e. The summed E-state index contributed by atoms with van der Waals surface area (Å²) in [6.07, 6.45) is 0.340. The SMILES string of the molecule is COc1ccc(OC)c(CC(=O)N2CCNC(C)C2)c1.Cl. The van der Waals surface area contributed by atoms with Crippen LogP contribution < -0.4 is 14.8 Å². The van der Waals surface area contributed by atoms with Gasteiger partial charge in [0.1, 0.15) is 11.5 Å². The van der Waals surface area contributed by atoms with Gasteiger partial charge in [-0.3, -0.25) is 4.79 Å². The number of nitrogens with zero attached hydrogens (tertiary/aromatic N) is 1. The number of piperazine rings is 1. The monoisotopic (exact) mass is 314 g/mol. The lowest BCUT2D eigenvalue weighted by Crippen LogP contribution is -2.51. The Kier molecular flexibility index (Phi) is 6.78. The van der Waals surface area contributed by atoms with E-state index in [0.29, 0.717) is 12.5 Å². The Hall–Kier alpha value is -1.46. The van der Waals surface area contributed by atoms with Crippen molar-refractivity contribution in [2.24, 2.45) is 0 Å². The molecule has 5 nitrogen and oxygen atoms in total. The van der Waals surface area contributed by atoms with Crippen LogP contribution >= 0.6 is 12.4 Å². The first-order chi connectivity index (χ1) is 9.63. The number of nitrogens with one attached hydrogen (secondary N) is 1. The molecule has 1 aliphatic heterocycles. The predicted octanol–water partition coefficient (Wildman–Crippen LogP) is 1.49. The smallest absolute Gasteiger partial charge is 0.227 e. The van der Waals surface area contributed by atoms with Crippen LogP contribution in [-0.2, 0) is 11.2 Å². The fraction of sp³-hybridized carbons (Fsp3) is 0.533. The van der Waals surface area contributed by atoms with Crippen molar-refractivity contribution in [3.8, 4) is 11.5 Å². The first-order valence-electron chi connectivity index (χ1n) is 6.86. The summed E-state index contributed by atoms with van der Waals surface area (Å²) in [5.41, 5.74) is 0.864. The number of hydrogen-bond donors (Lipinski definition) is 1. The third-order valence-electron chi connectivity index (χ3n) is 3.55. The summed E-state index contributed by atoms with van der Waals surface area (Å²) >= 11 is 0. The molecule has 118 valence electrons. The van der Waals surface area contributed by atoms with E-state index >= 15 is 0 Å². The minimum Gasteiger partial charge on any atom is -0.497 e. The molecular formula is C15H23ClN2O3. The van der Waals surface area contributed by atoms with Crippen LogP contribution in [0.2, 0.25) is 0 Å². The standard InChI is InChI=1S/C15H22N2O3.ClH/c1-11-10-17(7-6-16-11)15(18)9-12-8-13(19-2)4-5-14(12)20-3;/h4-5,8,11,16H,6-7,9-10H2,1-3H3;1H. The molecule has 1 N–H and O–H groups in total. The van der Waals surface area contributed by atoms with Gasteiger partial charge in [-0.15, -0.1) is 12.4 Å². The lowest BCUT2D eigenvalue weighted by molar-refractivity contribution is -0.131. The molecule has 1 aromatic rings. The Morgan fingerprint density at radius 3 is 2.76 bits per heavy atom. The molecule has 1 saturated heterocycles. The Morgan fingerprint density at radius 2 is 2.14 bits per heavy atom. The molecule has 2 rings (SSSR count). The predicted molar refractivity (Wildman–Crippen MR) is 84.5 cm³/mol. The maximum absolute atomic E-state index is 12.4. The minimum absolute atomic E-state index is 0. The van der Waals surface area contributed by atoms with Crippen molar-refractivity contribution in [1.29, 1.82) is 0 Å². The molecule has 1 aliphatic rings. The number of ether oxygens (including phenoxy) is 2. The molecule has 1 heterocycles. The van der Waals surface area contributed by atoms with Crippen molar-refractivity contribution in [3.05, 3.63) is 23.8 Å². The van der Waals surface area contributed by atoms with E-state index in [9.17, 15) is 4.79 Å². The average molecular weight is 315 g/mol. The molecule has 1 amide bonds. The van der Waals surface area contributed by atoms with E-state index in [2.05, 4.69) is 12.2 Å². The Morgan fingerprint density at radius 1 is 1.38 bits per heavy atom. The summed E-state index contributed by atoms with van der Waals surface area (Å²) in [5, 5.41) is 3.33. The van der Waals surface area contributed by atoms with Crippen molar-refractivity contribution in [2.45, 2.75) is 19.4 Å². The summed E-state index contributed by atoms with van der Waals surface area (Å²) < 4.78 is 10.5. The normalized spacial score (nSPS) is 17.9. The van der Waals surface area contributed by atoms with Gasteiger partial charge in [0.25, 0.3) is 0 Å². The molecule has 0 bridgehead atoms. The van der Waals surface area contributed by atoms with Crippen molar-refractivity contribution in [2.75, 3.05) is 33.9 Å². The number of methoxy groups -OCH3 is 2. The highest BCUT2D eigenvalue weighted by Gasteiger charge is 2.21. The zero-order chi connectivity index (χ0) is 14.5. The van der Waals surface area contributed by atoms with Crippen LogP contribution in [0.3, 0.4) is 0 Å². The Balaban J connectivity index is 0.00000220. The fourth-order valence-electron chi connectivity index (χ4n) is 2.45. The van der Waals surface area contributed by atoms with E-state index in [1.165, 1.54) is 0 Å². The zero-order valence-corrected chi connectivity index (χ0v) is 13.5. The van der Waals surface area contributed by atoms with Crippen LogP contribution in [0.25, 0.3) is 0 Å². The number of rotatable bonds is 4. The van der Waals surface area contributed by atoms with Gasteiger partial charge in [0.2, 0.25) is 5.91 Å². The number of benzene rings is 1. The van der Waals surface area contributed by atoms with Gasteiger partial charge >= 0.3 is 0 Å². The molecule has 0 radical (unpaired) electrons. The maximum atomic E-state index is 12.4. The second-order valence-electron chi connectivity index (χ2n) is 5.05. The van der Waals surface area contributed by atoms with E-state index in [1.807, 2.05) is 23.1 Å². The molecule has 1 unspecified atom stereocenters. The zero-order valence-electron chi connectivity index (χ0n) is 12.7. The lowest BCUT2D eigenvalue weighted by atomic mass is 10.1. The highest BCUT2D eigenvalue weighted by atomic mass is 35.5. The average Bonchev–Trinajstić information content (AvgIpc) is 2.47. The molecule has 1 aromatic carbocycles. The quantitative estimate of drug-likeness (QED) is 0.915. The number of halogens is 1. The number of hydrogen-bond acceptors (Lipinski definition) is 4. The highest BCUT2D eigenvalue weighted by Crippen LogP contribution is 2.24. The number of carbonyl (C=O) groups is 1. The summed E-state index contributed by atoms with van der Waals surface area (Å²) in [5.74, 6) is 1.59. The van der Waals surface area contributed by atoms with E-state index < -0.39 is 0 Å². The highest BCUT2D eigenvalue weighted by molar-refractivity contribution is 5.85. The molecule has 21 heavy (non-hydrogen) atoms. The van der Waals surface area contributed by atoms with E-state index in [0.717, 1.165) is 36.7 Å². The van der Waals surface area contributed by atoms with Gasteiger partial charge in [0.15, 0.2) is 0 Å². The van der Waals surface area contributed by atoms with Gasteiger partial charge in [-0.25, -0.2) is 0 Å². The second kappa shape index (κ2) is 8.10. The van der Waals surface area contributed by atoms with Gasteiger partial charge in [-0.05, 0) is 25.1 Å². The molecule has 0 aliphatic carbocycles. The van der Waals surface area contributed by atoms with Crippen LogP contribution in [0.15, 0.2) is 18.2 Å². The Labute approximate surface area is 132 Å². The van der Waals surface area contributed by atoms with Gasteiger partial charge < -0.3 is 19.7 Å². The first-order valence-corrected chi connectivity index (χ1v) is 6.86. The van der Waals surface area contributed by atoms with Crippen molar-refractivity contribution in [1.82, 2.24) is 10.2 Å². The Bertz CT molecular complexity index is 482. The summed E-state index contributed by atoms with van der Waals surface area (Å²) in [4.78, 5) is 14.3. The maximum Gasteiger partial charge on any atom is 0.227 e. The number of carbonyl (C=O) groups excluding carboxylic acids is 1. The van der Waals surface area contributed by atoms with Crippen LogP contribution in [-0.4, -0.2) is 50.7 Å². The van der Waals surface area contributed by atoms with Gasteiger partial charge in [0, 0.05) is 31.2 Å².